The van der Waals surface area contributed by atoms with Crippen molar-refractivity contribution in [3.63, 3.8) is 0 Å². The maximum Gasteiger partial charge on any atom is 0.299 e. The molecular formula is C7H16N4O2S+2. The van der Waals surface area contributed by atoms with Crippen molar-refractivity contribution in [2.24, 2.45) is 5.73 Å². The molecule has 0 fully saturated rings. The highest BCUT2D eigenvalue weighted by molar-refractivity contribution is 7.85. The molecule has 0 saturated carbocycles. The number of nitrogens with one attached hydrogen (secondary N) is 2. The molecule has 1 aliphatic heterocycles. The van der Waals surface area contributed by atoms with E-state index in [-0.39, 0.29) is 5.75 Å². The smallest absolute Gasteiger partial charge is 0.299 e. The van der Waals surface area contributed by atoms with E-state index in [0.717, 1.165) is 0 Å². The van der Waals surface area contributed by atoms with Gasteiger partial charge in [-0.3, -0.25) is 0 Å². The zero-order valence-corrected chi connectivity index (χ0v) is 9.06. The van der Waals surface area contributed by atoms with Crippen LogP contribution in [0.15, 0.2) is 23.7 Å². The fraction of sp³-hybridized carbons (Fsp3) is 0.429. The fourth-order valence-corrected chi connectivity index (χ4v) is 1.88. The number of hydrogen-bond acceptors (Lipinski definition) is 4. The van der Waals surface area contributed by atoms with Crippen molar-refractivity contribution in [2.45, 2.75) is 0 Å². The van der Waals surface area contributed by atoms with Crippen LogP contribution in [0, 0.1) is 0 Å². The number of nitrogens with two attached hydrogens (primary N) is 2. The molecule has 0 aromatic carbocycles. The van der Waals surface area contributed by atoms with Crippen molar-refractivity contribution in [3.8, 4) is 0 Å². The second kappa shape index (κ2) is 3.99. The Bertz CT molecular complexity index is 369. The van der Waals surface area contributed by atoms with Gasteiger partial charge in [-0.25, -0.2) is 15.2 Å². The van der Waals surface area contributed by atoms with Gasteiger partial charge in [0, 0.05) is 11.6 Å². The predicted molar refractivity (Wildman–Crippen MR) is 52.0 cm³/mol. The molecule has 7 heteroatoms. The summed E-state index contributed by atoms with van der Waals surface area (Å²) in [6.45, 7) is 0. The zero-order valence-electron chi connectivity index (χ0n) is 8.24. The van der Waals surface area contributed by atoms with Gasteiger partial charge in [0.1, 0.15) is 5.75 Å². The summed E-state index contributed by atoms with van der Waals surface area (Å²) in [5.41, 5.74) is 10.6. The minimum absolute atomic E-state index is 0.00310. The average Bonchev–Trinajstić information content (AvgIpc) is 2.02. The van der Waals surface area contributed by atoms with E-state index in [9.17, 15) is 8.42 Å². The molecule has 0 spiro atoms. The van der Waals surface area contributed by atoms with Gasteiger partial charge in [-0.2, -0.15) is 8.42 Å². The van der Waals surface area contributed by atoms with E-state index in [1.54, 1.807) is 31.8 Å². The summed E-state index contributed by atoms with van der Waals surface area (Å²) in [6.07, 6.45) is 3.29. The van der Waals surface area contributed by atoms with Gasteiger partial charge in [0.25, 0.3) is 10.0 Å². The quantitative estimate of drug-likeness (QED) is 0.367. The van der Waals surface area contributed by atoms with Crippen LogP contribution in [0.25, 0.3) is 0 Å². The van der Waals surface area contributed by atoms with Gasteiger partial charge in [0.15, 0.2) is 0 Å². The van der Waals surface area contributed by atoms with E-state index in [1.807, 2.05) is 0 Å². The lowest BCUT2D eigenvalue weighted by Crippen LogP contribution is -3.08. The second-order valence-corrected chi connectivity index (χ2v) is 5.68. The predicted octanol–water partition coefficient (Wildman–Crippen LogP) is -3.77. The summed E-state index contributed by atoms with van der Waals surface area (Å²) >= 11 is 0. The maximum absolute atomic E-state index is 11.5. The Kier molecular flexibility index (Phi) is 3.14. The first-order chi connectivity index (χ1) is 6.42. The summed E-state index contributed by atoms with van der Waals surface area (Å²) in [5, 5.41) is 0. The fourth-order valence-electron chi connectivity index (χ4n) is 0.989. The minimum Gasteiger partial charge on any atom is -0.353 e. The maximum atomic E-state index is 11.5. The molecule has 0 aliphatic carbocycles. The topological polar surface area (TPSA) is 93.2 Å². The van der Waals surface area contributed by atoms with Crippen molar-refractivity contribution in [1.82, 2.24) is 5.43 Å². The Morgan fingerprint density at radius 2 is 2.21 bits per heavy atom. The summed E-state index contributed by atoms with van der Waals surface area (Å²) in [5.74, 6) is 0.531. The van der Waals surface area contributed by atoms with E-state index in [2.05, 4.69) is 5.43 Å². The average molecular weight is 220 g/mol. The first kappa shape index (κ1) is 11.0. The lowest BCUT2D eigenvalue weighted by molar-refractivity contribution is -0.717. The van der Waals surface area contributed by atoms with Gasteiger partial charge in [0.2, 0.25) is 5.82 Å². The molecule has 0 unspecified atom stereocenters. The van der Waals surface area contributed by atoms with Crippen molar-refractivity contribution in [1.29, 1.82) is 0 Å². The number of sulfonamides is 1. The molecule has 0 bridgehead atoms. The largest absolute Gasteiger partial charge is 0.353 e. The van der Waals surface area contributed by atoms with Gasteiger partial charge >= 0.3 is 0 Å². The molecule has 0 aromatic rings. The molecule has 0 aromatic heterocycles. The van der Waals surface area contributed by atoms with Gasteiger partial charge in [0.05, 0.1) is 20.3 Å². The van der Waals surface area contributed by atoms with Crippen molar-refractivity contribution < 1.29 is 18.1 Å². The molecule has 0 atom stereocenters. The first-order valence-corrected chi connectivity index (χ1v) is 5.85. The molecular weight excluding hydrogens is 204 g/mol. The normalized spacial score (nSPS) is 17.4. The molecule has 14 heavy (non-hydrogen) atoms. The standard InChI is InChI=1S/C7H14N4O2S/c1-11(2)14(12,13)5-6-3-7(8)10-9-4-6/h3-4,9-10H,5,8H2,1-2H3/p+2. The van der Waals surface area contributed by atoms with E-state index in [4.69, 9.17) is 5.73 Å². The molecule has 6 N–H and O–H groups in total. The van der Waals surface area contributed by atoms with Crippen LogP contribution in [-0.2, 0) is 10.0 Å². The number of hydrogen-bond donors (Lipinski definition) is 4. The van der Waals surface area contributed by atoms with E-state index >= 15 is 0 Å². The minimum atomic E-state index is -3.13. The van der Waals surface area contributed by atoms with Crippen LogP contribution in [0.2, 0.25) is 0 Å². The first-order valence-electron chi connectivity index (χ1n) is 4.20. The highest BCUT2D eigenvalue weighted by Crippen LogP contribution is 1.99. The van der Waals surface area contributed by atoms with Gasteiger partial charge in [-0.1, -0.05) is 0 Å². The van der Waals surface area contributed by atoms with Crippen LogP contribution >= 0.6 is 0 Å². The molecule has 0 amide bonds. The Hall–Kier alpha value is -1.05. The van der Waals surface area contributed by atoms with Crippen LogP contribution in [0.3, 0.4) is 0 Å². The van der Waals surface area contributed by atoms with Gasteiger partial charge in [-0.15, -0.1) is 0 Å². The highest BCUT2D eigenvalue weighted by atomic mass is 32.2. The van der Waals surface area contributed by atoms with Crippen molar-refractivity contribution in [2.75, 3.05) is 19.8 Å². The molecule has 0 saturated heterocycles. The van der Waals surface area contributed by atoms with Crippen molar-refractivity contribution >= 4 is 10.0 Å². The number of allylic oxidation sites excluding steroid dienone is 1. The summed E-state index contributed by atoms with van der Waals surface area (Å²) < 4.78 is 23.5. The summed E-state index contributed by atoms with van der Waals surface area (Å²) in [4.78, 5) is 0. The SMILES string of the molecule is C[NH+](C)S(=O)(=O)CC1=CN[NH2+]C(N)=C1. The molecule has 1 heterocycles. The number of rotatable bonds is 3. The summed E-state index contributed by atoms with van der Waals surface area (Å²) in [6, 6.07) is 0. The lowest BCUT2D eigenvalue weighted by Gasteiger charge is -2.11. The zero-order chi connectivity index (χ0) is 10.8. The van der Waals surface area contributed by atoms with Crippen LogP contribution in [0.4, 0.5) is 0 Å². The Balaban J connectivity index is 2.76. The number of quaternary nitrogens is 2. The molecule has 80 valence electrons. The second-order valence-electron chi connectivity index (χ2n) is 3.34. The van der Waals surface area contributed by atoms with Gasteiger partial charge < -0.3 is 5.73 Å². The van der Waals surface area contributed by atoms with E-state index in [1.165, 1.54) is 0 Å². The lowest BCUT2D eigenvalue weighted by atomic mass is 10.3. The van der Waals surface area contributed by atoms with Crippen LogP contribution in [-0.4, -0.2) is 28.3 Å². The molecule has 6 nitrogen and oxygen atoms in total. The van der Waals surface area contributed by atoms with Crippen LogP contribution < -0.4 is 20.9 Å². The third-order valence-electron chi connectivity index (χ3n) is 1.85. The summed E-state index contributed by atoms with van der Waals surface area (Å²) in [7, 11) is 0.0504. The van der Waals surface area contributed by atoms with Gasteiger partial charge in [-0.05, 0) is 0 Å². The third kappa shape index (κ3) is 2.72. The Morgan fingerprint density at radius 1 is 1.57 bits per heavy atom. The Labute approximate surface area is 83.5 Å². The third-order valence-corrected chi connectivity index (χ3v) is 3.81. The van der Waals surface area contributed by atoms with Crippen LogP contribution in [0.5, 0.6) is 0 Å². The van der Waals surface area contributed by atoms with E-state index in [0.29, 0.717) is 15.7 Å². The Morgan fingerprint density at radius 3 is 2.71 bits per heavy atom. The molecule has 1 rings (SSSR count). The van der Waals surface area contributed by atoms with Crippen molar-refractivity contribution in [3.05, 3.63) is 23.7 Å². The van der Waals surface area contributed by atoms with Crippen LogP contribution in [0.1, 0.15) is 0 Å². The molecule has 0 radical (unpaired) electrons. The monoisotopic (exact) mass is 220 g/mol. The molecule has 1 aliphatic rings. The highest BCUT2D eigenvalue weighted by Gasteiger charge is 2.20. The van der Waals surface area contributed by atoms with E-state index < -0.39 is 10.0 Å².